The van der Waals surface area contributed by atoms with Gasteiger partial charge in [0.05, 0.1) is 6.07 Å². The van der Waals surface area contributed by atoms with Crippen molar-refractivity contribution in [2.45, 2.75) is 0 Å². The summed E-state index contributed by atoms with van der Waals surface area (Å²) in [5.41, 5.74) is 0. The molecule has 66 valence electrons. The molecule has 0 aliphatic carbocycles. The fourth-order valence-corrected chi connectivity index (χ4v) is 0.782. The number of carbonyl (C=O) groups is 1. The maximum atomic E-state index is 11.3. The minimum Gasteiger partial charge on any atom is -0.381 e. The summed E-state index contributed by atoms with van der Waals surface area (Å²) in [7, 11) is 4.77. The van der Waals surface area contributed by atoms with E-state index in [-0.39, 0.29) is 10.9 Å². The zero-order valence-corrected chi connectivity index (χ0v) is 8.10. The molecule has 1 atom stereocenters. The van der Waals surface area contributed by atoms with Crippen molar-refractivity contribution in [3.8, 4) is 6.07 Å². The molecule has 0 aliphatic heterocycles. The van der Waals surface area contributed by atoms with E-state index in [9.17, 15) is 4.79 Å². The highest BCUT2D eigenvalue weighted by atomic mass is 32.1. The summed E-state index contributed by atoms with van der Waals surface area (Å²) in [6, 6.07) is 1.84. The van der Waals surface area contributed by atoms with Gasteiger partial charge in [-0.05, 0) is 0 Å². The van der Waals surface area contributed by atoms with Crippen LogP contribution in [0.25, 0.3) is 0 Å². The lowest BCUT2D eigenvalue weighted by Gasteiger charge is -2.14. The van der Waals surface area contributed by atoms with E-state index in [1.807, 2.05) is 6.07 Å². The molecule has 0 rings (SSSR count). The van der Waals surface area contributed by atoms with Crippen molar-refractivity contribution in [2.75, 3.05) is 21.1 Å². The number of nitriles is 1. The van der Waals surface area contributed by atoms with Gasteiger partial charge in [0, 0.05) is 21.1 Å². The van der Waals surface area contributed by atoms with Crippen LogP contribution < -0.4 is 5.32 Å². The van der Waals surface area contributed by atoms with Crippen LogP contribution in [0, 0.1) is 17.2 Å². The third-order valence-electron chi connectivity index (χ3n) is 1.33. The van der Waals surface area contributed by atoms with Crippen molar-refractivity contribution in [3.05, 3.63) is 0 Å². The Labute approximate surface area is 77.2 Å². The third kappa shape index (κ3) is 2.47. The van der Waals surface area contributed by atoms with E-state index in [2.05, 4.69) is 5.32 Å². The predicted molar refractivity (Wildman–Crippen MR) is 49.5 cm³/mol. The van der Waals surface area contributed by atoms with Crippen LogP contribution in [0.1, 0.15) is 0 Å². The van der Waals surface area contributed by atoms with Crippen LogP contribution in [0.5, 0.6) is 0 Å². The molecular weight excluding hydrogens is 174 g/mol. The fraction of sp³-hybridized carbons (Fsp3) is 0.571. The first-order valence-electron chi connectivity index (χ1n) is 3.37. The Morgan fingerprint density at radius 1 is 1.67 bits per heavy atom. The zero-order valence-electron chi connectivity index (χ0n) is 7.29. The molecule has 5 heteroatoms. The Balaban J connectivity index is 4.49. The lowest BCUT2D eigenvalue weighted by molar-refractivity contribution is -0.129. The quantitative estimate of drug-likeness (QED) is 0.603. The van der Waals surface area contributed by atoms with Gasteiger partial charge in [-0.15, -0.1) is 0 Å². The summed E-state index contributed by atoms with van der Waals surface area (Å²) in [4.78, 5) is 12.9. The molecule has 0 bridgehead atoms. The largest absolute Gasteiger partial charge is 0.381 e. The van der Waals surface area contributed by atoms with E-state index in [1.54, 1.807) is 21.1 Å². The summed E-state index contributed by atoms with van der Waals surface area (Å²) < 4.78 is 0. The molecular formula is C7H11N3OS. The molecule has 0 fully saturated rings. The molecule has 4 nitrogen and oxygen atoms in total. The minimum absolute atomic E-state index is 0.260. The van der Waals surface area contributed by atoms with Gasteiger partial charge in [-0.3, -0.25) is 4.79 Å². The van der Waals surface area contributed by atoms with Crippen LogP contribution in [-0.4, -0.2) is 36.9 Å². The minimum atomic E-state index is -0.861. The number of rotatable bonds is 2. The smallest absolute Gasteiger partial charge is 0.246 e. The number of nitrogens with zero attached hydrogens (tertiary/aromatic N) is 2. The first-order chi connectivity index (χ1) is 5.54. The SMILES string of the molecule is CNC(=S)[C@@H](C#N)C(=O)N(C)C. The van der Waals surface area contributed by atoms with E-state index in [0.717, 1.165) is 0 Å². The van der Waals surface area contributed by atoms with Crippen LogP contribution in [0.4, 0.5) is 0 Å². The molecule has 0 saturated heterocycles. The highest BCUT2D eigenvalue weighted by Crippen LogP contribution is 2.00. The van der Waals surface area contributed by atoms with E-state index in [4.69, 9.17) is 17.5 Å². The van der Waals surface area contributed by atoms with Gasteiger partial charge in [-0.2, -0.15) is 5.26 Å². The second kappa shape index (κ2) is 4.67. The second-order valence-corrected chi connectivity index (χ2v) is 2.85. The molecule has 1 N–H and O–H groups in total. The Morgan fingerprint density at radius 3 is 2.42 bits per heavy atom. The first kappa shape index (κ1) is 10.8. The number of carbonyl (C=O) groups excluding carboxylic acids is 1. The topological polar surface area (TPSA) is 56.1 Å². The van der Waals surface area contributed by atoms with Crippen LogP contribution in [0.15, 0.2) is 0 Å². The highest BCUT2D eigenvalue weighted by molar-refractivity contribution is 7.80. The van der Waals surface area contributed by atoms with Crippen molar-refractivity contribution in [1.29, 1.82) is 5.26 Å². The maximum Gasteiger partial charge on any atom is 0.246 e. The van der Waals surface area contributed by atoms with Crippen molar-refractivity contribution in [3.63, 3.8) is 0 Å². The fourth-order valence-electron chi connectivity index (χ4n) is 0.629. The molecule has 0 heterocycles. The van der Waals surface area contributed by atoms with Crippen molar-refractivity contribution in [1.82, 2.24) is 10.2 Å². The first-order valence-corrected chi connectivity index (χ1v) is 3.77. The van der Waals surface area contributed by atoms with E-state index >= 15 is 0 Å². The van der Waals surface area contributed by atoms with Crippen molar-refractivity contribution >= 4 is 23.1 Å². The molecule has 1 amide bonds. The van der Waals surface area contributed by atoms with Gasteiger partial charge in [0.2, 0.25) is 5.91 Å². The predicted octanol–water partition coefficient (Wildman–Crippen LogP) is -0.239. The molecule has 0 radical (unpaired) electrons. The maximum absolute atomic E-state index is 11.3. The van der Waals surface area contributed by atoms with Gasteiger partial charge in [0.15, 0.2) is 5.92 Å². The van der Waals surface area contributed by atoms with Crippen molar-refractivity contribution in [2.24, 2.45) is 5.92 Å². The van der Waals surface area contributed by atoms with Crippen LogP contribution >= 0.6 is 12.2 Å². The van der Waals surface area contributed by atoms with Gasteiger partial charge in [0.1, 0.15) is 4.99 Å². The Morgan fingerprint density at radius 2 is 2.17 bits per heavy atom. The summed E-state index contributed by atoms with van der Waals surface area (Å²) in [6.07, 6.45) is 0. The van der Waals surface area contributed by atoms with E-state index < -0.39 is 5.92 Å². The molecule has 0 aliphatic rings. The lowest BCUT2D eigenvalue weighted by atomic mass is 10.1. The number of thiocarbonyl (C=S) groups is 1. The molecule has 0 unspecified atom stereocenters. The third-order valence-corrected chi connectivity index (χ3v) is 1.77. The summed E-state index contributed by atoms with van der Waals surface area (Å²) in [6.45, 7) is 0. The Hall–Kier alpha value is -1.15. The molecule has 0 aromatic heterocycles. The molecule has 0 saturated carbocycles. The van der Waals surface area contributed by atoms with Gasteiger partial charge >= 0.3 is 0 Å². The number of hydrogen-bond acceptors (Lipinski definition) is 3. The van der Waals surface area contributed by atoms with Crippen molar-refractivity contribution < 1.29 is 4.79 Å². The lowest BCUT2D eigenvalue weighted by Crippen LogP contribution is -2.37. The Kier molecular flexibility index (Phi) is 4.22. The van der Waals surface area contributed by atoms with E-state index in [1.165, 1.54) is 4.90 Å². The van der Waals surface area contributed by atoms with Crippen LogP contribution in [0.3, 0.4) is 0 Å². The van der Waals surface area contributed by atoms with Gasteiger partial charge in [-0.25, -0.2) is 0 Å². The van der Waals surface area contributed by atoms with Crippen LogP contribution in [-0.2, 0) is 4.79 Å². The van der Waals surface area contributed by atoms with Gasteiger partial charge in [0.25, 0.3) is 0 Å². The summed E-state index contributed by atoms with van der Waals surface area (Å²) in [5, 5.41) is 11.2. The van der Waals surface area contributed by atoms with Crippen LogP contribution in [0.2, 0.25) is 0 Å². The number of nitrogens with one attached hydrogen (secondary N) is 1. The average Bonchev–Trinajstić information content (AvgIpc) is 2.05. The second-order valence-electron chi connectivity index (χ2n) is 2.41. The molecule has 0 aromatic rings. The van der Waals surface area contributed by atoms with Gasteiger partial charge < -0.3 is 10.2 Å². The zero-order chi connectivity index (χ0) is 9.72. The summed E-state index contributed by atoms with van der Waals surface area (Å²) >= 11 is 4.79. The Bertz CT molecular complexity index is 231. The van der Waals surface area contributed by atoms with E-state index in [0.29, 0.717) is 0 Å². The molecule has 12 heavy (non-hydrogen) atoms. The highest BCUT2D eigenvalue weighted by Gasteiger charge is 2.23. The molecule has 0 spiro atoms. The number of amides is 1. The standard InChI is InChI=1S/C7H11N3OS/c1-9-6(12)5(4-8)7(11)10(2)3/h5H,1-3H3,(H,9,12)/t5-/m1/s1. The average molecular weight is 185 g/mol. The monoisotopic (exact) mass is 185 g/mol. The molecule has 0 aromatic carbocycles. The number of hydrogen-bond donors (Lipinski definition) is 1. The summed E-state index contributed by atoms with van der Waals surface area (Å²) in [5.74, 6) is -1.16. The van der Waals surface area contributed by atoms with Gasteiger partial charge in [-0.1, -0.05) is 12.2 Å². The normalized spacial score (nSPS) is 11.2.